The van der Waals surface area contributed by atoms with Crippen LogP contribution in [0.2, 0.25) is 0 Å². The highest BCUT2D eigenvalue weighted by Crippen LogP contribution is 2.17. The molecule has 0 fully saturated rings. The Morgan fingerprint density at radius 1 is 1.00 bits per heavy atom. The summed E-state index contributed by atoms with van der Waals surface area (Å²) in [6.45, 7) is 0. The Hall–Kier alpha value is -3.13. The molecule has 0 aliphatic heterocycles. The van der Waals surface area contributed by atoms with Crippen LogP contribution in [0.15, 0.2) is 63.8 Å². The molecule has 3 aromatic rings. The molecule has 0 unspecified atom stereocenters. The number of halogens is 1. The maximum absolute atomic E-state index is 12.2. The number of carbonyl (C=O) groups excluding carboxylic acids is 2. The van der Waals surface area contributed by atoms with E-state index < -0.39 is 0 Å². The number of hydrogen-bond acceptors (Lipinski definition) is 5. The lowest BCUT2D eigenvalue weighted by Gasteiger charge is -2.11. The first-order chi connectivity index (χ1) is 13.4. The van der Waals surface area contributed by atoms with Crippen molar-refractivity contribution in [1.29, 1.82) is 0 Å². The van der Waals surface area contributed by atoms with Crippen molar-refractivity contribution in [3.63, 3.8) is 0 Å². The quantitative estimate of drug-likeness (QED) is 0.603. The zero-order valence-corrected chi connectivity index (χ0v) is 17.0. The molecule has 8 heteroatoms. The van der Waals surface area contributed by atoms with Crippen LogP contribution in [0.5, 0.6) is 0 Å². The van der Waals surface area contributed by atoms with Gasteiger partial charge in [-0.05, 0) is 57.9 Å². The first-order valence-corrected chi connectivity index (χ1v) is 9.29. The molecule has 0 saturated heterocycles. The third-order valence-electron chi connectivity index (χ3n) is 3.86. The first kappa shape index (κ1) is 19.6. The van der Waals surface area contributed by atoms with Crippen molar-refractivity contribution >= 4 is 44.9 Å². The highest BCUT2D eigenvalue weighted by molar-refractivity contribution is 9.10. The van der Waals surface area contributed by atoms with Crippen LogP contribution in [0.25, 0.3) is 0 Å². The highest BCUT2D eigenvalue weighted by atomic mass is 79.9. The normalized spacial score (nSPS) is 10.4. The molecule has 1 aromatic carbocycles. The summed E-state index contributed by atoms with van der Waals surface area (Å²) in [5, 5.41) is 5.56. The van der Waals surface area contributed by atoms with Crippen LogP contribution < -0.4 is 15.5 Å². The fourth-order valence-corrected chi connectivity index (χ4v) is 2.76. The molecule has 0 radical (unpaired) electrons. The Morgan fingerprint density at radius 2 is 1.71 bits per heavy atom. The molecule has 7 nitrogen and oxygen atoms in total. The highest BCUT2D eigenvalue weighted by Gasteiger charge is 2.11. The second-order valence-electron chi connectivity index (χ2n) is 6.28. The number of carbonyl (C=O) groups is 2. The SMILES string of the molecule is CN(C)c1ccc(NC(=O)Cc2ccc(NC(=O)c3ccc(Br)o3)cc2)cn1. The molecule has 28 heavy (non-hydrogen) atoms. The van der Waals surface area contributed by atoms with Gasteiger partial charge in [0.1, 0.15) is 5.82 Å². The standard InChI is InChI=1S/C20H19BrN4O3/c1-25(2)18-10-7-15(12-22-18)23-19(26)11-13-3-5-14(6-4-13)24-20(27)16-8-9-17(21)28-16/h3-10,12H,11H2,1-2H3,(H,23,26)(H,24,27). The fraction of sp³-hybridized carbons (Fsp3) is 0.150. The van der Waals surface area contributed by atoms with E-state index >= 15 is 0 Å². The van der Waals surface area contributed by atoms with Gasteiger partial charge >= 0.3 is 0 Å². The molecule has 0 bridgehead atoms. The summed E-state index contributed by atoms with van der Waals surface area (Å²) >= 11 is 3.16. The Kier molecular flexibility index (Phi) is 6.10. The van der Waals surface area contributed by atoms with Crippen LogP contribution in [0.3, 0.4) is 0 Å². The minimum absolute atomic E-state index is 0.142. The van der Waals surface area contributed by atoms with Gasteiger partial charge in [0.25, 0.3) is 5.91 Å². The lowest BCUT2D eigenvalue weighted by molar-refractivity contribution is -0.115. The van der Waals surface area contributed by atoms with Crippen molar-refractivity contribution in [2.75, 3.05) is 29.6 Å². The van der Waals surface area contributed by atoms with Crippen molar-refractivity contribution in [1.82, 2.24) is 4.98 Å². The van der Waals surface area contributed by atoms with Gasteiger partial charge in [-0.1, -0.05) is 12.1 Å². The Labute approximate surface area is 170 Å². The second-order valence-corrected chi connectivity index (χ2v) is 7.06. The van der Waals surface area contributed by atoms with Crippen molar-refractivity contribution in [3.05, 3.63) is 70.7 Å². The summed E-state index contributed by atoms with van der Waals surface area (Å²) in [6.07, 6.45) is 1.84. The third kappa shape index (κ3) is 5.20. The molecular formula is C20H19BrN4O3. The topological polar surface area (TPSA) is 87.5 Å². The molecule has 2 heterocycles. The molecular weight excluding hydrogens is 424 g/mol. The van der Waals surface area contributed by atoms with Gasteiger partial charge in [-0.3, -0.25) is 9.59 Å². The van der Waals surface area contributed by atoms with Crippen LogP contribution in [0.1, 0.15) is 16.1 Å². The number of anilines is 3. The maximum atomic E-state index is 12.2. The predicted molar refractivity (Wildman–Crippen MR) is 112 cm³/mol. The number of amides is 2. The van der Waals surface area contributed by atoms with Crippen molar-refractivity contribution in [2.24, 2.45) is 0 Å². The monoisotopic (exact) mass is 442 g/mol. The van der Waals surface area contributed by atoms with E-state index in [1.165, 1.54) is 0 Å². The average molecular weight is 443 g/mol. The summed E-state index contributed by atoms with van der Waals surface area (Å²) in [7, 11) is 3.81. The summed E-state index contributed by atoms with van der Waals surface area (Å²) in [5.41, 5.74) is 2.09. The van der Waals surface area contributed by atoms with Gasteiger partial charge in [0.2, 0.25) is 5.91 Å². The minimum Gasteiger partial charge on any atom is -0.444 e. The van der Waals surface area contributed by atoms with E-state index in [2.05, 4.69) is 31.5 Å². The lowest BCUT2D eigenvalue weighted by Crippen LogP contribution is -2.15. The van der Waals surface area contributed by atoms with Gasteiger partial charge in [-0.25, -0.2) is 4.98 Å². The number of pyridine rings is 1. The summed E-state index contributed by atoms with van der Waals surface area (Å²) in [4.78, 5) is 30.4. The predicted octanol–water partition coefficient (Wildman–Crippen LogP) is 3.94. The van der Waals surface area contributed by atoms with E-state index in [-0.39, 0.29) is 24.0 Å². The fourth-order valence-electron chi connectivity index (χ4n) is 2.45. The number of benzene rings is 1. The molecule has 0 saturated carbocycles. The van der Waals surface area contributed by atoms with Gasteiger partial charge in [-0.15, -0.1) is 0 Å². The van der Waals surface area contributed by atoms with E-state index in [0.717, 1.165) is 11.4 Å². The van der Waals surface area contributed by atoms with Gasteiger partial charge in [-0.2, -0.15) is 0 Å². The van der Waals surface area contributed by atoms with E-state index in [0.29, 0.717) is 16.0 Å². The number of nitrogens with zero attached hydrogens (tertiary/aromatic N) is 2. The van der Waals surface area contributed by atoms with Crippen LogP contribution in [-0.2, 0) is 11.2 Å². The number of furan rings is 1. The van der Waals surface area contributed by atoms with E-state index in [9.17, 15) is 9.59 Å². The summed E-state index contributed by atoms with van der Waals surface area (Å²) in [6, 6.07) is 14.0. The molecule has 2 N–H and O–H groups in total. The molecule has 144 valence electrons. The van der Waals surface area contributed by atoms with E-state index in [4.69, 9.17) is 4.42 Å². The largest absolute Gasteiger partial charge is 0.444 e. The first-order valence-electron chi connectivity index (χ1n) is 8.49. The molecule has 0 atom stereocenters. The molecule has 0 spiro atoms. The zero-order valence-electron chi connectivity index (χ0n) is 15.4. The average Bonchev–Trinajstić information content (AvgIpc) is 3.10. The van der Waals surface area contributed by atoms with Gasteiger partial charge in [0, 0.05) is 19.8 Å². The number of hydrogen-bond donors (Lipinski definition) is 2. The number of aromatic nitrogens is 1. The van der Waals surface area contributed by atoms with Crippen LogP contribution in [-0.4, -0.2) is 30.9 Å². The van der Waals surface area contributed by atoms with Crippen LogP contribution in [0, 0.1) is 0 Å². The van der Waals surface area contributed by atoms with Gasteiger partial charge in [0.05, 0.1) is 18.3 Å². The van der Waals surface area contributed by atoms with E-state index in [1.807, 2.05) is 31.1 Å². The number of nitrogens with one attached hydrogen (secondary N) is 2. The molecule has 2 amide bonds. The van der Waals surface area contributed by atoms with Crippen molar-refractivity contribution in [3.8, 4) is 0 Å². The molecule has 3 rings (SSSR count). The molecule has 2 aromatic heterocycles. The zero-order chi connectivity index (χ0) is 20.1. The van der Waals surface area contributed by atoms with Gasteiger partial charge < -0.3 is 20.0 Å². The van der Waals surface area contributed by atoms with Gasteiger partial charge in [0.15, 0.2) is 10.4 Å². The van der Waals surface area contributed by atoms with Crippen LogP contribution in [0.4, 0.5) is 17.2 Å². The maximum Gasteiger partial charge on any atom is 0.291 e. The summed E-state index contributed by atoms with van der Waals surface area (Å²) in [5.74, 6) is 0.545. The Morgan fingerprint density at radius 3 is 2.29 bits per heavy atom. The minimum atomic E-state index is -0.343. The van der Waals surface area contributed by atoms with Crippen molar-refractivity contribution < 1.29 is 14.0 Å². The Balaban J connectivity index is 1.54. The molecule has 0 aliphatic carbocycles. The number of rotatable bonds is 6. The third-order valence-corrected chi connectivity index (χ3v) is 4.29. The van der Waals surface area contributed by atoms with Crippen LogP contribution >= 0.6 is 15.9 Å². The smallest absolute Gasteiger partial charge is 0.291 e. The second kappa shape index (κ2) is 8.71. The molecule has 0 aliphatic rings. The lowest BCUT2D eigenvalue weighted by atomic mass is 10.1. The Bertz CT molecular complexity index is 966. The summed E-state index contributed by atoms with van der Waals surface area (Å²) < 4.78 is 5.71. The van der Waals surface area contributed by atoms with Crippen molar-refractivity contribution in [2.45, 2.75) is 6.42 Å². The van der Waals surface area contributed by atoms with E-state index in [1.54, 1.807) is 42.6 Å².